The monoisotopic (exact) mass is 323 g/mol. The minimum Gasteiger partial charge on any atom is -0.450 e. The molecule has 0 spiro atoms. The number of esters is 1. The molecular formula is C19H17NO4. The number of amides is 1. The Kier molecular flexibility index (Phi) is 4.33. The first-order valence-corrected chi connectivity index (χ1v) is 7.56. The predicted octanol–water partition coefficient (Wildman–Crippen LogP) is 3.85. The van der Waals surface area contributed by atoms with Crippen LogP contribution < -0.4 is 5.32 Å². The minimum atomic E-state index is -0.665. The molecular weight excluding hydrogens is 306 g/mol. The number of furan rings is 1. The maximum atomic E-state index is 12.0. The van der Waals surface area contributed by atoms with E-state index in [1.54, 1.807) is 18.2 Å². The van der Waals surface area contributed by atoms with Gasteiger partial charge in [0, 0.05) is 11.1 Å². The van der Waals surface area contributed by atoms with E-state index >= 15 is 0 Å². The maximum absolute atomic E-state index is 12.0. The largest absolute Gasteiger partial charge is 0.450 e. The van der Waals surface area contributed by atoms with Crippen molar-refractivity contribution < 1.29 is 18.7 Å². The van der Waals surface area contributed by atoms with Crippen molar-refractivity contribution in [3.8, 4) is 0 Å². The SMILES string of the molecule is Cc1cccc(NC(=O)COC(=O)c2cc3ccccc3o2)c1C. The second-order valence-corrected chi connectivity index (χ2v) is 5.52. The van der Waals surface area contributed by atoms with E-state index < -0.39 is 11.9 Å². The van der Waals surface area contributed by atoms with Crippen LogP contribution in [0.4, 0.5) is 5.69 Å². The summed E-state index contributed by atoms with van der Waals surface area (Å²) in [5, 5.41) is 3.55. The van der Waals surface area contributed by atoms with Crippen molar-refractivity contribution in [1.82, 2.24) is 0 Å². The van der Waals surface area contributed by atoms with Crippen molar-refractivity contribution in [2.45, 2.75) is 13.8 Å². The fraction of sp³-hybridized carbons (Fsp3) is 0.158. The zero-order chi connectivity index (χ0) is 17.1. The van der Waals surface area contributed by atoms with Gasteiger partial charge in [-0.25, -0.2) is 4.79 Å². The molecule has 0 radical (unpaired) electrons. The molecule has 0 fully saturated rings. The number of rotatable bonds is 4. The summed E-state index contributed by atoms with van der Waals surface area (Å²) in [5.74, 6) is -0.980. The highest BCUT2D eigenvalue weighted by molar-refractivity contribution is 5.96. The Hall–Kier alpha value is -3.08. The number of aryl methyl sites for hydroxylation is 1. The van der Waals surface area contributed by atoms with Gasteiger partial charge in [-0.05, 0) is 43.2 Å². The van der Waals surface area contributed by atoms with E-state index in [4.69, 9.17) is 9.15 Å². The number of anilines is 1. The number of carbonyl (C=O) groups is 2. The summed E-state index contributed by atoms with van der Waals surface area (Å²) in [6.07, 6.45) is 0. The van der Waals surface area contributed by atoms with Gasteiger partial charge in [0.25, 0.3) is 5.91 Å². The lowest BCUT2D eigenvalue weighted by atomic mass is 10.1. The fourth-order valence-corrected chi connectivity index (χ4v) is 2.36. The van der Waals surface area contributed by atoms with E-state index in [2.05, 4.69) is 5.32 Å². The average molecular weight is 323 g/mol. The van der Waals surface area contributed by atoms with E-state index in [0.717, 1.165) is 16.5 Å². The zero-order valence-corrected chi connectivity index (χ0v) is 13.5. The highest BCUT2D eigenvalue weighted by Crippen LogP contribution is 2.20. The van der Waals surface area contributed by atoms with Crippen LogP contribution in [0.5, 0.6) is 0 Å². The Morgan fingerprint density at radius 2 is 1.88 bits per heavy atom. The van der Waals surface area contributed by atoms with E-state index in [9.17, 15) is 9.59 Å². The van der Waals surface area contributed by atoms with Gasteiger partial charge in [0.1, 0.15) is 5.58 Å². The lowest BCUT2D eigenvalue weighted by Crippen LogP contribution is -2.21. The fourth-order valence-electron chi connectivity index (χ4n) is 2.36. The third-order valence-electron chi connectivity index (χ3n) is 3.84. The van der Waals surface area contributed by atoms with Gasteiger partial charge in [0.2, 0.25) is 5.76 Å². The lowest BCUT2D eigenvalue weighted by Gasteiger charge is -2.10. The molecule has 2 aromatic carbocycles. The summed E-state index contributed by atoms with van der Waals surface area (Å²) in [5.41, 5.74) is 3.37. The van der Waals surface area contributed by atoms with Gasteiger partial charge >= 0.3 is 5.97 Å². The van der Waals surface area contributed by atoms with Crippen molar-refractivity contribution in [3.05, 3.63) is 65.4 Å². The maximum Gasteiger partial charge on any atom is 0.374 e. The van der Waals surface area contributed by atoms with Gasteiger partial charge in [-0.15, -0.1) is 0 Å². The number of fused-ring (bicyclic) bond motifs is 1. The second-order valence-electron chi connectivity index (χ2n) is 5.52. The van der Waals surface area contributed by atoms with Crippen molar-refractivity contribution >= 4 is 28.5 Å². The van der Waals surface area contributed by atoms with Crippen molar-refractivity contribution in [3.63, 3.8) is 0 Å². The van der Waals surface area contributed by atoms with E-state index in [1.165, 1.54) is 0 Å². The van der Waals surface area contributed by atoms with E-state index in [0.29, 0.717) is 11.3 Å². The Labute approximate surface area is 139 Å². The Morgan fingerprint density at radius 3 is 2.67 bits per heavy atom. The number of hydrogen-bond donors (Lipinski definition) is 1. The van der Waals surface area contributed by atoms with Crippen LogP contribution in [0.1, 0.15) is 21.7 Å². The quantitative estimate of drug-likeness (QED) is 0.741. The number of nitrogens with one attached hydrogen (secondary N) is 1. The highest BCUT2D eigenvalue weighted by atomic mass is 16.5. The van der Waals surface area contributed by atoms with Gasteiger partial charge < -0.3 is 14.5 Å². The zero-order valence-electron chi connectivity index (χ0n) is 13.5. The van der Waals surface area contributed by atoms with Crippen LogP contribution in [0.25, 0.3) is 11.0 Å². The Balaban J connectivity index is 1.61. The molecule has 122 valence electrons. The predicted molar refractivity (Wildman–Crippen MR) is 91.0 cm³/mol. The molecule has 0 saturated heterocycles. The highest BCUT2D eigenvalue weighted by Gasteiger charge is 2.15. The summed E-state index contributed by atoms with van der Waals surface area (Å²) in [6.45, 7) is 3.52. The van der Waals surface area contributed by atoms with Crippen LogP contribution in [0.3, 0.4) is 0 Å². The smallest absolute Gasteiger partial charge is 0.374 e. The third-order valence-corrected chi connectivity index (χ3v) is 3.84. The Bertz CT molecular complexity index is 878. The Morgan fingerprint density at radius 1 is 1.08 bits per heavy atom. The van der Waals surface area contributed by atoms with Gasteiger partial charge in [-0.3, -0.25) is 4.79 Å². The summed E-state index contributed by atoms with van der Waals surface area (Å²) in [7, 11) is 0. The topological polar surface area (TPSA) is 68.5 Å². The summed E-state index contributed by atoms with van der Waals surface area (Å²) >= 11 is 0. The van der Waals surface area contributed by atoms with Crippen LogP contribution in [-0.2, 0) is 9.53 Å². The molecule has 0 aliphatic rings. The molecule has 0 atom stereocenters. The normalized spacial score (nSPS) is 10.6. The van der Waals surface area contributed by atoms with Crippen LogP contribution >= 0.6 is 0 Å². The molecule has 3 rings (SSSR count). The minimum absolute atomic E-state index is 0.0794. The molecule has 5 nitrogen and oxygen atoms in total. The number of benzene rings is 2. The molecule has 1 aromatic heterocycles. The molecule has 5 heteroatoms. The van der Waals surface area contributed by atoms with Crippen LogP contribution in [0.15, 0.2) is 52.9 Å². The molecule has 0 unspecified atom stereocenters. The number of ether oxygens (including phenoxy) is 1. The molecule has 1 amide bonds. The summed E-state index contributed by atoms with van der Waals surface area (Å²) in [4.78, 5) is 24.0. The third kappa shape index (κ3) is 3.30. The van der Waals surface area contributed by atoms with E-state index in [-0.39, 0.29) is 12.4 Å². The average Bonchev–Trinajstić information content (AvgIpc) is 3.01. The molecule has 24 heavy (non-hydrogen) atoms. The summed E-state index contributed by atoms with van der Waals surface area (Å²) < 4.78 is 10.4. The van der Waals surface area contributed by atoms with Crippen molar-refractivity contribution in [2.24, 2.45) is 0 Å². The number of carbonyl (C=O) groups excluding carboxylic acids is 2. The van der Waals surface area contributed by atoms with Gasteiger partial charge in [0.15, 0.2) is 6.61 Å². The van der Waals surface area contributed by atoms with Crippen LogP contribution in [-0.4, -0.2) is 18.5 Å². The van der Waals surface area contributed by atoms with Gasteiger partial charge in [-0.2, -0.15) is 0 Å². The van der Waals surface area contributed by atoms with Gasteiger partial charge in [0.05, 0.1) is 0 Å². The molecule has 0 bridgehead atoms. The first kappa shape index (κ1) is 15.8. The van der Waals surface area contributed by atoms with Crippen molar-refractivity contribution in [1.29, 1.82) is 0 Å². The lowest BCUT2D eigenvalue weighted by molar-refractivity contribution is -0.119. The van der Waals surface area contributed by atoms with Crippen LogP contribution in [0, 0.1) is 13.8 Å². The molecule has 1 N–H and O–H groups in total. The van der Waals surface area contributed by atoms with Crippen LogP contribution in [0.2, 0.25) is 0 Å². The first-order chi connectivity index (χ1) is 11.5. The number of para-hydroxylation sites is 1. The molecule has 1 heterocycles. The van der Waals surface area contributed by atoms with Gasteiger partial charge in [-0.1, -0.05) is 30.3 Å². The molecule has 0 aliphatic heterocycles. The molecule has 0 aliphatic carbocycles. The van der Waals surface area contributed by atoms with E-state index in [1.807, 2.05) is 44.2 Å². The first-order valence-electron chi connectivity index (χ1n) is 7.56. The van der Waals surface area contributed by atoms with Crippen molar-refractivity contribution in [2.75, 3.05) is 11.9 Å². The second kappa shape index (κ2) is 6.58. The standard InChI is InChI=1S/C19H17NO4/c1-12-6-5-8-15(13(12)2)20-18(21)11-23-19(22)17-10-14-7-3-4-9-16(14)24-17/h3-10H,11H2,1-2H3,(H,20,21). The summed E-state index contributed by atoms with van der Waals surface area (Å²) in [6, 6.07) is 14.5. The number of hydrogen-bond acceptors (Lipinski definition) is 4. The molecule has 0 saturated carbocycles. The molecule has 3 aromatic rings.